The van der Waals surface area contributed by atoms with Crippen LogP contribution in [-0.4, -0.2) is 78.3 Å². The molecule has 212 valence electrons. The molecule has 2 fully saturated rings. The Labute approximate surface area is 228 Å². The molecule has 2 aromatic rings. The SMILES string of the molecule is NC(=O)O.O=C(c1ccc(F)cc1)C1CCN(CC(COc2ccccc2)OC(=O)N2CCCCCC2)CC1. The standard InChI is InChI=1S/C28H35FN2O4.CH3NO2/c29-24-12-10-22(11-13-24)27(32)23-14-18-30(19-15-23)20-26(21-34-25-8-4-3-5-9-25)35-28(33)31-16-6-1-2-7-17-31;2-1(3)4/h3-5,8-13,23,26H,1-2,6-7,14-21H2;2H2,(H,3,4). The smallest absolute Gasteiger partial charge is 0.410 e. The van der Waals surface area contributed by atoms with Gasteiger partial charge in [-0.25, -0.2) is 14.0 Å². The first kappa shape index (κ1) is 29.9. The summed E-state index contributed by atoms with van der Waals surface area (Å²) in [5.74, 6) is 0.401. The van der Waals surface area contributed by atoms with Crippen molar-refractivity contribution in [3.63, 3.8) is 0 Å². The number of ether oxygens (including phenoxy) is 2. The fourth-order valence-electron chi connectivity index (χ4n) is 4.82. The molecule has 1 unspecified atom stereocenters. The Hall–Kier alpha value is -3.66. The highest BCUT2D eigenvalue weighted by molar-refractivity contribution is 5.97. The van der Waals surface area contributed by atoms with Crippen molar-refractivity contribution >= 4 is 18.0 Å². The molecule has 0 bridgehead atoms. The third-order valence-electron chi connectivity index (χ3n) is 6.86. The third-order valence-corrected chi connectivity index (χ3v) is 6.86. The van der Waals surface area contributed by atoms with Gasteiger partial charge in [0.2, 0.25) is 0 Å². The lowest BCUT2D eigenvalue weighted by molar-refractivity contribution is 0.0150. The minimum Gasteiger partial charge on any atom is -0.490 e. The Bertz CT molecular complexity index is 1030. The first-order chi connectivity index (χ1) is 18.8. The number of Topliss-reactive ketones (excluding diaryl/α,β-unsaturated/α-hetero) is 1. The van der Waals surface area contributed by atoms with Gasteiger partial charge in [-0.05, 0) is 75.2 Å². The van der Waals surface area contributed by atoms with Crippen molar-refractivity contribution < 1.29 is 33.4 Å². The molecule has 2 aliphatic rings. The second kappa shape index (κ2) is 15.7. The van der Waals surface area contributed by atoms with Crippen LogP contribution in [0.5, 0.6) is 5.75 Å². The number of halogens is 1. The summed E-state index contributed by atoms with van der Waals surface area (Å²) < 4.78 is 25.1. The summed E-state index contributed by atoms with van der Waals surface area (Å²) in [5.41, 5.74) is 4.59. The van der Waals surface area contributed by atoms with Crippen LogP contribution in [-0.2, 0) is 4.74 Å². The monoisotopic (exact) mass is 543 g/mol. The first-order valence-corrected chi connectivity index (χ1v) is 13.5. The molecule has 2 heterocycles. The summed E-state index contributed by atoms with van der Waals surface area (Å²) in [6.45, 7) is 3.79. The van der Waals surface area contributed by atoms with E-state index in [0.29, 0.717) is 12.1 Å². The maximum atomic E-state index is 13.2. The minimum atomic E-state index is -1.33. The predicted molar refractivity (Wildman–Crippen MR) is 144 cm³/mol. The Kier molecular flexibility index (Phi) is 12.0. The molecule has 39 heavy (non-hydrogen) atoms. The molecule has 2 aromatic carbocycles. The Morgan fingerprint density at radius 3 is 2.10 bits per heavy atom. The molecule has 0 radical (unpaired) electrons. The first-order valence-electron chi connectivity index (χ1n) is 13.5. The van der Waals surface area contributed by atoms with Crippen LogP contribution in [0.25, 0.3) is 0 Å². The number of amides is 2. The highest BCUT2D eigenvalue weighted by atomic mass is 19.1. The van der Waals surface area contributed by atoms with Gasteiger partial charge in [0.25, 0.3) is 0 Å². The van der Waals surface area contributed by atoms with Crippen LogP contribution in [0.1, 0.15) is 48.9 Å². The second-order valence-electron chi connectivity index (χ2n) is 9.82. The molecule has 9 nitrogen and oxygen atoms in total. The highest BCUT2D eigenvalue weighted by Crippen LogP contribution is 2.23. The molecule has 2 aliphatic heterocycles. The zero-order chi connectivity index (χ0) is 28.0. The summed E-state index contributed by atoms with van der Waals surface area (Å²) in [6, 6.07) is 15.3. The van der Waals surface area contributed by atoms with E-state index in [1.807, 2.05) is 35.2 Å². The number of likely N-dealkylation sites (tertiary alicyclic amines) is 2. The van der Waals surface area contributed by atoms with Gasteiger partial charge in [0.05, 0.1) is 0 Å². The van der Waals surface area contributed by atoms with Gasteiger partial charge in [-0.2, -0.15) is 0 Å². The molecule has 10 heteroatoms. The van der Waals surface area contributed by atoms with Crippen LogP contribution >= 0.6 is 0 Å². The van der Waals surface area contributed by atoms with E-state index in [1.54, 1.807) is 12.1 Å². The number of ketones is 1. The van der Waals surface area contributed by atoms with Gasteiger partial charge in [-0.15, -0.1) is 0 Å². The number of nitrogens with two attached hydrogens (primary N) is 1. The van der Waals surface area contributed by atoms with Crippen molar-refractivity contribution in [3.05, 3.63) is 66.0 Å². The van der Waals surface area contributed by atoms with Crippen LogP contribution < -0.4 is 10.5 Å². The Balaban J connectivity index is 0.000000983. The maximum Gasteiger partial charge on any atom is 0.410 e. The van der Waals surface area contributed by atoms with Gasteiger partial charge in [-0.1, -0.05) is 31.0 Å². The number of carbonyl (C=O) groups excluding carboxylic acids is 2. The molecule has 0 spiro atoms. The van der Waals surface area contributed by atoms with E-state index in [0.717, 1.165) is 70.5 Å². The summed E-state index contributed by atoms with van der Waals surface area (Å²) in [7, 11) is 0. The lowest BCUT2D eigenvalue weighted by atomic mass is 9.89. The molecule has 2 amide bonds. The predicted octanol–water partition coefficient (Wildman–Crippen LogP) is 4.80. The van der Waals surface area contributed by atoms with Gasteiger partial charge in [0.15, 0.2) is 11.9 Å². The topological polar surface area (TPSA) is 122 Å². The van der Waals surface area contributed by atoms with Gasteiger partial charge >= 0.3 is 12.2 Å². The molecule has 1 atom stereocenters. The van der Waals surface area contributed by atoms with Crippen LogP contribution in [0, 0.1) is 11.7 Å². The molecule has 4 rings (SSSR count). The highest BCUT2D eigenvalue weighted by Gasteiger charge is 2.29. The normalized spacial score (nSPS) is 17.2. The van der Waals surface area contributed by atoms with E-state index in [4.69, 9.17) is 19.4 Å². The Morgan fingerprint density at radius 1 is 0.923 bits per heavy atom. The molecule has 0 saturated carbocycles. The van der Waals surface area contributed by atoms with Crippen LogP contribution in [0.15, 0.2) is 54.6 Å². The molecular weight excluding hydrogens is 505 g/mol. The van der Waals surface area contributed by atoms with Crippen LogP contribution in [0.2, 0.25) is 0 Å². The van der Waals surface area contributed by atoms with Crippen molar-refractivity contribution in [2.45, 2.75) is 44.6 Å². The number of rotatable bonds is 8. The van der Waals surface area contributed by atoms with E-state index >= 15 is 0 Å². The van der Waals surface area contributed by atoms with Crippen molar-refractivity contribution in [1.29, 1.82) is 0 Å². The number of carbonyl (C=O) groups is 3. The summed E-state index contributed by atoms with van der Waals surface area (Å²) >= 11 is 0. The summed E-state index contributed by atoms with van der Waals surface area (Å²) in [4.78, 5) is 38.5. The number of benzene rings is 2. The Morgan fingerprint density at radius 2 is 1.51 bits per heavy atom. The summed E-state index contributed by atoms with van der Waals surface area (Å²) in [5, 5.41) is 7.19. The van der Waals surface area contributed by atoms with Crippen molar-refractivity contribution in [3.8, 4) is 5.75 Å². The minimum absolute atomic E-state index is 0.0706. The van der Waals surface area contributed by atoms with E-state index in [1.165, 1.54) is 12.1 Å². The molecule has 3 N–H and O–H groups in total. The largest absolute Gasteiger partial charge is 0.490 e. The maximum absolute atomic E-state index is 13.2. The molecule has 0 aliphatic carbocycles. The number of carboxylic acid groups (broad SMARTS) is 1. The fourth-order valence-corrected chi connectivity index (χ4v) is 4.82. The van der Waals surface area contributed by atoms with E-state index in [-0.39, 0.29) is 30.2 Å². The van der Waals surface area contributed by atoms with Gasteiger partial charge < -0.3 is 25.2 Å². The van der Waals surface area contributed by atoms with Crippen LogP contribution in [0.4, 0.5) is 14.0 Å². The van der Waals surface area contributed by atoms with Crippen LogP contribution in [0.3, 0.4) is 0 Å². The average Bonchev–Trinajstić information content (AvgIpc) is 3.22. The number of piperidine rings is 1. The van der Waals surface area contributed by atoms with Gasteiger partial charge in [0, 0.05) is 31.1 Å². The number of primary amides is 1. The fraction of sp³-hybridized carbons (Fsp3) is 0.483. The van der Waals surface area contributed by atoms with Crippen molar-refractivity contribution in [2.24, 2.45) is 11.7 Å². The molecule has 0 aromatic heterocycles. The number of hydrogen-bond donors (Lipinski definition) is 2. The zero-order valence-electron chi connectivity index (χ0n) is 22.2. The van der Waals surface area contributed by atoms with Gasteiger partial charge in [-0.3, -0.25) is 9.69 Å². The van der Waals surface area contributed by atoms with E-state index < -0.39 is 12.2 Å². The van der Waals surface area contributed by atoms with Gasteiger partial charge in [0.1, 0.15) is 18.2 Å². The lowest BCUT2D eigenvalue weighted by Gasteiger charge is -2.34. The van der Waals surface area contributed by atoms with E-state index in [2.05, 4.69) is 10.6 Å². The molecule has 2 saturated heterocycles. The number of hydrogen-bond acceptors (Lipinski definition) is 6. The van der Waals surface area contributed by atoms with Crippen molar-refractivity contribution in [1.82, 2.24) is 9.80 Å². The molecular formula is C29H38FN3O6. The average molecular weight is 544 g/mol. The number of nitrogens with zero attached hydrogens (tertiary/aromatic N) is 2. The second-order valence-corrected chi connectivity index (χ2v) is 9.82. The quantitative estimate of drug-likeness (QED) is 0.459. The third kappa shape index (κ3) is 10.6. The van der Waals surface area contributed by atoms with E-state index in [9.17, 15) is 14.0 Å². The zero-order valence-corrected chi connectivity index (χ0v) is 22.2. The lowest BCUT2D eigenvalue weighted by Crippen LogP contribution is -2.45. The number of para-hydroxylation sites is 1. The van der Waals surface area contributed by atoms with Crippen molar-refractivity contribution in [2.75, 3.05) is 39.3 Å². The summed E-state index contributed by atoms with van der Waals surface area (Å²) in [6.07, 6.45) is 3.76.